The summed E-state index contributed by atoms with van der Waals surface area (Å²) in [5.74, 6) is 0.884. The summed E-state index contributed by atoms with van der Waals surface area (Å²) in [5.41, 5.74) is 5.42. The molecule has 1 fully saturated rings. The third-order valence-electron chi connectivity index (χ3n) is 5.35. The van der Waals surface area contributed by atoms with E-state index < -0.39 is 0 Å². The first kappa shape index (κ1) is 14.5. The summed E-state index contributed by atoms with van der Waals surface area (Å²) >= 11 is 0. The molecule has 2 aliphatic rings. The zero-order chi connectivity index (χ0) is 15.8. The fourth-order valence-electron chi connectivity index (χ4n) is 4.12. The van der Waals surface area contributed by atoms with Crippen molar-refractivity contribution in [3.63, 3.8) is 0 Å². The monoisotopic (exact) mass is 305 g/mol. The van der Waals surface area contributed by atoms with Crippen LogP contribution in [0.5, 0.6) is 0 Å². The van der Waals surface area contributed by atoms with Crippen molar-refractivity contribution < 1.29 is 4.79 Å². The third-order valence-corrected chi connectivity index (χ3v) is 5.35. The number of benzene rings is 2. The predicted molar refractivity (Wildman–Crippen MR) is 92.2 cm³/mol. The normalized spacial score (nSPS) is 21.5. The van der Waals surface area contributed by atoms with Crippen LogP contribution in [0.25, 0.3) is 0 Å². The van der Waals surface area contributed by atoms with Crippen LogP contribution in [0.1, 0.15) is 48.1 Å². The van der Waals surface area contributed by atoms with Crippen molar-refractivity contribution in [2.24, 2.45) is 5.92 Å². The Labute approximate surface area is 138 Å². The van der Waals surface area contributed by atoms with E-state index in [1.165, 1.54) is 22.3 Å². The highest BCUT2D eigenvalue weighted by Crippen LogP contribution is 2.38. The molecule has 0 N–H and O–H groups in total. The molecule has 1 heterocycles. The molecule has 2 aromatic carbocycles. The molecule has 2 heteroatoms. The Balaban J connectivity index is 1.88. The van der Waals surface area contributed by atoms with E-state index in [1.807, 2.05) is 0 Å². The average Bonchev–Trinajstić information content (AvgIpc) is 2.74. The van der Waals surface area contributed by atoms with Crippen LogP contribution in [-0.2, 0) is 17.6 Å². The number of piperidine rings is 1. The fourth-order valence-corrected chi connectivity index (χ4v) is 4.12. The van der Waals surface area contributed by atoms with Crippen LogP contribution < -0.4 is 0 Å². The lowest BCUT2D eigenvalue weighted by Gasteiger charge is -2.38. The van der Waals surface area contributed by atoms with E-state index in [9.17, 15) is 4.79 Å². The lowest BCUT2D eigenvalue weighted by molar-refractivity contribution is -0.136. The van der Waals surface area contributed by atoms with Gasteiger partial charge in [-0.1, -0.05) is 55.5 Å². The van der Waals surface area contributed by atoms with Crippen molar-refractivity contribution in [3.8, 4) is 0 Å². The Morgan fingerprint density at radius 3 is 2.04 bits per heavy atom. The molecule has 118 valence electrons. The first-order valence-electron chi connectivity index (χ1n) is 8.69. The lowest BCUT2D eigenvalue weighted by atomic mass is 9.89. The summed E-state index contributed by atoms with van der Waals surface area (Å²) in [6.07, 6.45) is 3.82. The predicted octanol–water partition coefficient (Wildman–Crippen LogP) is 4.13. The quantitative estimate of drug-likeness (QED) is 0.775. The number of carbonyl (C=O) groups excluding carboxylic acids is 1. The van der Waals surface area contributed by atoms with E-state index in [-0.39, 0.29) is 6.04 Å². The van der Waals surface area contributed by atoms with Gasteiger partial charge in [-0.15, -0.1) is 0 Å². The average molecular weight is 305 g/mol. The number of fused-ring (bicyclic) bond motifs is 2. The zero-order valence-corrected chi connectivity index (χ0v) is 13.7. The standard InChI is InChI=1S/C21H23NO/c1-15-10-13-20(23)22(14-15)21-18-8-4-2-6-16(18)11-12-17-7-3-5-9-19(17)21/h2-9,15,21H,10-14H2,1H3. The maximum absolute atomic E-state index is 12.7. The molecule has 0 saturated carbocycles. The molecular formula is C21H23NO. The topological polar surface area (TPSA) is 20.3 Å². The van der Waals surface area contributed by atoms with Gasteiger partial charge in [-0.3, -0.25) is 4.79 Å². The van der Waals surface area contributed by atoms with Crippen LogP contribution in [0.2, 0.25) is 0 Å². The summed E-state index contributed by atoms with van der Waals surface area (Å²) in [6.45, 7) is 3.13. The van der Waals surface area contributed by atoms with Crippen molar-refractivity contribution in [1.29, 1.82) is 0 Å². The molecule has 1 amide bonds. The lowest BCUT2D eigenvalue weighted by Crippen LogP contribution is -2.42. The molecule has 0 aromatic heterocycles. The van der Waals surface area contributed by atoms with Crippen molar-refractivity contribution >= 4 is 5.91 Å². The van der Waals surface area contributed by atoms with Gasteiger partial charge < -0.3 is 4.90 Å². The largest absolute Gasteiger partial charge is 0.331 e. The Morgan fingerprint density at radius 1 is 0.870 bits per heavy atom. The van der Waals surface area contributed by atoms with Crippen LogP contribution in [0, 0.1) is 5.92 Å². The molecule has 0 bridgehead atoms. The number of hydrogen-bond donors (Lipinski definition) is 0. The number of amides is 1. The fraction of sp³-hybridized carbons (Fsp3) is 0.381. The first-order chi connectivity index (χ1) is 11.2. The number of rotatable bonds is 1. The van der Waals surface area contributed by atoms with Gasteiger partial charge in [-0.05, 0) is 47.4 Å². The van der Waals surface area contributed by atoms with E-state index in [1.54, 1.807) is 0 Å². The molecule has 2 nitrogen and oxygen atoms in total. The van der Waals surface area contributed by atoms with Gasteiger partial charge in [0.2, 0.25) is 5.91 Å². The van der Waals surface area contributed by atoms with Crippen LogP contribution >= 0.6 is 0 Å². The van der Waals surface area contributed by atoms with Crippen molar-refractivity contribution in [3.05, 3.63) is 70.8 Å². The van der Waals surface area contributed by atoms with Crippen molar-refractivity contribution in [2.75, 3.05) is 6.54 Å². The number of likely N-dealkylation sites (tertiary alicyclic amines) is 1. The third kappa shape index (κ3) is 2.56. The van der Waals surface area contributed by atoms with Crippen molar-refractivity contribution in [2.45, 2.75) is 38.6 Å². The zero-order valence-electron chi connectivity index (χ0n) is 13.7. The van der Waals surface area contributed by atoms with Gasteiger partial charge in [0.1, 0.15) is 0 Å². The van der Waals surface area contributed by atoms with Gasteiger partial charge in [-0.25, -0.2) is 0 Å². The van der Waals surface area contributed by atoms with Crippen LogP contribution in [0.15, 0.2) is 48.5 Å². The molecule has 1 aliphatic heterocycles. The highest BCUT2D eigenvalue weighted by Gasteiger charge is 2.34. The maximum atomic E-state index is 12.7. The number of carbonyl (C=O) groups is 1. The van der Waals surface area contributed by atoms with Crippen LogP contribution in [0.3, 0.4) is 0 Å². The number of aryl methyl sites for hydroxylation is 2. The highest BCUT2D eigenvalue weighted by atomic mass is 16.2. The maximum Gasteiger partial charge on any atom is 0.223 e. The molecule has 23 heavy (non-hydrogen) atoms. The first-order valence-corrected chi connectivity index (χ1v) is 8.69. The van der Waals surface area contributed by atoms with E-state index >= 15 is 0 Å². The van der Waals surface area contributed by atoms with Gasteiger partial charge in [-0.2, -0.15) is 0 Å². The van der Waals surface area contributed by atoms with E-state index in [4.69, 9.17) is 0 Å². The molecule has 1 unspecified atom stereocenters. The molecule has 1 aliphatic carbocycles. The second-order valence-electron chi connectivity index (χ2n) is 6.99. The van der Waals surface area contributed by atoms with Crippen molar-refractivity contribution in [1.82, 2.24) is 4.90 Å². The minimum absolute atomic E-state index is 0.0835. The molecule has 4 rings (SSSR count). The van der Waals surface area contributed by atoms with Crippen LogP contribution in [-0.4, -0.2) is 17.4 Å². The second kappa shape index (κ2) is 5.84. The summed E-state index contributed by atoms with van der Waals surface area (Å²) in [7, 11) is 0. The van der Waals surface area contributed by atoms with Gasteiger partial charge in [0.25, 0.3) is 0 Å². The SMILES string of the molecule is CC1CCC(=O)N(C2c3ccccc3CCc3ccccc32)C1. The van der Waals surface area contributed by atoms with E-state index in [2.05, 4.69) is 60.4 Å². The number of nitrogens with zero attached hydrogens (tertiary/aromatic N) is 1. The van der Waals surface area contributed by atoms with Gasteiger partial charge >= 0.3 is 0 Å². The van der Waals surface area contributed by atoms with Gasteiger partial charge in [0.05, 0.1) is 6.04 Å². The number of hydrogen-bond acceptors (Lipinski definition) is 1. The van der Waals surface area contributed by atoms with Gasteiger partial charge in [0, 0.05) is 13.0 Å². The molecule has 0 spiro atoms. The summed E-state index contributed by atoms with van der Waals surface area (Å²) in [5, 5.41) is 0. The second-order valence-corrected chi connectivity index (χ2v) is 6.99. The molecule has 2 aromatic rings. The molecule has 1 atom stereocenters. The molecular weight excluding hydrogens is 282 g/mol. The Bertz CT molecular complexity index is 689. The summed E-state index contributed by atoms with van der Waals surface area (Å²) < 4.78 is 0. The minimum Gasteiger partial charge on any atom is -0.331 e. The smallest absolute Gasteiger partial charge is 0.223 e. The van der Waals surface area contributed by atoms with Gasteiger partial charge in [0.15, 0.2) is 0 Å². The highest BCUT2D eigenvalue weighted by molar-refractivity contribution is 5.78. The Hall–Kier alpha value is -2.09. The Morgan fingerprint density at radius 2 is 1.43 bits per heavy atom. The van der Waals surface area contributed by atoms with E-state index in [0.717, 1.165) is 25.8 Å². The molecule has 0 radical (unpaired) electrons. The summed E-state index contributed by atoms with van der Waals surface area (Å²) in [6, 6.07) is 17.4. The van der Waals surface area contributed by atoms with E-state index in [0.29, 0.717) is 18.2 Å². The molecule has 1 saturated heterocycles. The van der Waals surface area contributed by atoms with Crippen LogP contribution in [0.4, 0.5) is 0 Å². The summed E-state index contributed by atoms with van der Waals surface area (Å²) in [4.78, 5) is 14.8. The minimum atomic E-state index is 0.0835. The Kier molecular flexibility index (Phi) is 3.68.